The Balaban J connectivity index is 3.16. The van der Waals surface area contributed by atoms with Crippen molar-refractivity contribution < 1.29 is 27.5 Å². The molecule has 0 saturated heterocycles. The molecule has 0 spiro atoms. The number of carbonyl (C=O) groups excluding carboxylic acids is 2. The largest absolute Gasteiger partial charge is 0.495 e. The smallest absolute Gasteiger partial charge is 0.338 e. The van der Waals surface area contributed by atoms with Crippen LogP contribution in [0, 0.1) is 0 Å². The zero-order chi connectivity index (χ0) is 15.5. The van der Waals surface area contributed by atoms with E-state index in [0.717, 1.165) is 6.07 Å². The van der Waals surface area contributed by atoms with E-state index < -0.39 is 22.1 Å². The average molecular weight is 301 g/mol. The number of primary sulfonamides is 1. The second-order valence-corrected chi connectivity index (χ2v) is 5.60. The molecular weight excluding hydrogens is 286 g/mol. The molecule has 0 aromatic heterocycles. The Morgan fingerprint density at radius 3 is 2.35 bits per heavy atom. The molecular formula is C12H15NO6S. The van der Waals surface area contributed by atoms with Gasteiger partial charge in [-0.25, -0.2) is 18.4 Å². The zero-order valence-corrected chi connectivity index (χ0v) is 12.1. The summed E-state index contributed by atoms with van der Waals surface area (Å²) in [6, 6.07) is 3.65. The van der Waals surface area contributed by atoms with Gasteiger partial charge in [-0.3, -0.25) is 4.79 Å². The van der Waals surface area contributed by atoms with E-state index in [0.29, 0.717) is 0 Å². The molecule has 0 aliphatic carbocycles. The Bertz CT molecular complexity index is 637. The fourth-order valence-electron chi connectivity index (χ4n) is 1.34. The highest BCUT2D eigenvalue weighted by Gasteiger charge is 2.20. The number of rotatable bonds is 5. The maximum absolute atomic E-state index is 11.8. The van der Waals surface area contributed by atoms with Crippen LogP contribution in [0.25, 0.3) is 0 Å². The molecule has 0 fully saturated rings. The number of nitrogens with two attached hydrogens (primary N) is 1. The highest BCUT2D eigenvalue weighted by Crippen LogP contribution is 2.24. The molecule has 0 aliphatic heterocycles. The van der Waals surface area contributed by atoms with Crippen LogP contribution in [0.15, 0.2) is 23.1 Å². The lowest BCUT2D eigenvalue weighted by Crippen LogP contribution is -2.22. The minimum Gasteiger partial charge on any atom is -0.495 e. The first kappa shape index (κ1) is 16.1. The fourth-order valence-corrected chi connectivity index (χ4v) is 2.06. The highest BCUT2D eigenvalue weighted by molar-refractivity contribution is 7.89. The van der Waals surface area contributed by atoms with Gasteiger partial charge < -0.3 is 9.47 Å². The van der Waals surface area contributed by atoms with Crippen LogP contribution < -0.4 is 9.88 Å². The summed E-state index contributed by atoms with van der Waals surface area (Å²) >= 11 is 0. The van der Waals surface area contributed by atoms with Crippen LogP contribution in [-0.2, 0) is 19.6 Å². The van der Waals surface area contributed by atoms with E-state index in [1.54, 1.807) is 0 Å². The monoisotopic (exact) mass is 301 g/mol. The third-order valence-corrected chi connectivity index (χ3v) is 3.49. The summed E-state index contributed by atoms with van der Waals surface area (Å²) in [6.45, 7) is 2.70. The van der Waals surface area contributed by atoms with Gasteiger partial charge in [0.05, 0.1) is 12.7 Å². The second kappa shape index (κ2) is 6.02. The SMILES string of the molecule is COc1ccc(C(=O)OC(C)C(C)=O)cc1S(N)(=O)=O. The van der Waals surface area contributed by atoms with E-state index in [-0.39, 0.29) is 22.0 Å². The van der Waals surface area contributed by atoms with Crippen LogP contribution in [0.3, 0.4) is 0 Å². The number of sulfonamides is 1. The molecule has 0 amide bonds. The summed E-state index contributed by atoms with van der Waals surface area (Å²) in [7, 11) is -2.77. The number of hydrogen-bond donors (Lipinski definition) is 1. The van der Waals surface area contributed by atoms with Gasteiger partial charge in [0.25, 0.3) is 0 Å². The summed E-state index contributed by atoms with van der Waals surface area (Å²) in [5.74, 6) is -1.12. The fraction of sp³-hybridized carbons (Fsp3) is 0.333. The molecule has 0 saturated carbocycles. The van der Waals surface area contributed by atoms with Crippen molar-refractivity contribution in [1.82, 2.24) is 0 Å². The Kier molecular flexibility index (Phi) is 4.85. The number of benzene rings is 1. The average Bonchev–Trinajstić information content (AvgIpc) is 2.36. The molecule has 1 aromatic rings. The van der Waals surface area contributed by atoms with Crippen molar-refractivity contribution >= 4 is 21.8 Å². The van der Waals surface area contributed by atoms with Gasteiger partial charge in [-0.15, -0.1) is 0 Å². The van der Waals surface area contributed by atoms with E-state index in [1.807, 2.05) is 0 Å². The summed E-state index contributed by atoms with van der Waals surface area (Å²) in [5.41, 5.74) is -0.0390. The van der Waals surface area contributed by atoms with E-state index in [2.05, 4.69) is 0 Å². The Hall–Kier alpha value is -1.93. The van der Waals surface area contributed by atoms with Crippen molar-refractivity contribution in [2.24, 2.45) is 5.14 Å². The molecule has 1 rings (SSSR count). The van der Waals surface area contributed by atoms with Crippen LogP contribution >= 0.6 is 0 Å². The molecule has 1 unspecified atom stereocenters. The molecule has 2 N–H and O–H groups in total. The molecule has 1 atom stereocenters. The minimum atomic E-state index is -4.05. The van der Waals surface area contributed by atoms with Gasteiger partial charge in [-0.1, -0.05) is 0 Å². The van der Waals surface area contributed by atoms with Gasteiger partial charge in [0.2, 0.25) is 10.0 Å². The van der Waals surface area contributed by atoms with Crippen molar-refractivity contribution in [2.45, 2.75) is 24.8 Å². The Morgan fingerprint density at radius 1 is 1.30 bits per heavy atom. The molecule has 0 bridgehead atoms. The topological polar surface area (TPSA) is 113 Å². The molecule has 110 valence electrons. The summed E-state index contributed by atoms with van der Waals surface area (Å²) in [4.78, 5) is 22.5. The van der Waals surface area contributed by atoms with E-state index in [9.17, 15) is 18.0 Å². The van der Waals surface area contributed by atoms with E-state index >= 15 is 0 Å². The highest BCUT2D eigenvalue weighted by atomic mass is 32.2. The minimum absolute atomic E-state index is 0.0173. The molecule has 8 heteroatoms. The number of ketones is 1. The maximum atomic E-state index is 11.8. The number of hydrogen-bond acceptors (Lipinski definition) is 6. The quantitative estimate of drug-likeness (QED) is 0.791. The van der Waals surface area contributed by atoms with Gasteiger partial charge >= 0.3 is 5.97 Å². The molecule has 0 aliphatic rings. The first-order valence-electron chi connectivity index (χ1n) is 5.59. The lowest BCUT2D eigenvalue weighted by atomic mass is 10.2. The first-order chi connectivity index (χ1) is 9.16. The predicted molar refractivity (Wildman–Crippen MR) is 69.9 cm³/mol. The van der Waals surface area contributed by atoms with Crippen LogP contribution in [0.5, 0.6) is 5.75 Å². The van der Waals surface area contributed by atoms with Crippen molar-refractivity contribution in [3.8, 4) is 5.75 Å². The van der Waals surface area contributed by atoms with Crippen LogP contribution in [0.4, 0.5) is 0 Å². The summed E-state index contributed by atoms with van der Waals surface area (Å²) < 4.78 is 32.6. The van der Waals surface area contributed by atoms with Crippen molar-refractivity contribution in [1.29, 1.82) is 0 Å². The standard InChI is InChI=1S/C12H15NO6S/c1-7(14)8(2)19-12(15)9-4-5-10(18-3)11(6-9)20(13,16)17/h4-6,8H,1-3H3,(H2,13,16,17). The third kappa shape index (κ3) is 3.78. The number of carbonyl (C=O) groups is 2. The van der Waals surface area contributed by atoms with Gasteiger partial charge in [0, 0.05) is 0 Å². The van der Waals surface area contributed by atoms with Gasteiger partial charge in [0.1, 0.15) is 10.6 Å². The lowest BCUT2D eigenvalue weighted by Gasteiger charge is -2.12. The van der Waals surface area contributed by atoms with E-state index in [4.69, 9.17) is 14.6 Å². The molecule has 0 heterocycles. The molecule has 20 heavy (non-hydrogen) atoms. The summed E-state index contributed by atoms with van der Waals surface area (Å²) in [5, 5.41) is 5.04. The number of esters is 1. The van der Waals surface area contributed by atoms with Crippen molar-refractivity contribution in [3.05, 3.63) is 23.8 Å². The van der Waals surface area contributed by atoms with Crippen molar-refractivity contribution in [3.63, 3.8) is 0 Å². The maximum Gasteiger partial charge on any atom is 0.338 e. The molecule has 0 radical (unpaired) electrons. The third-order valence-electron chi connectivity index (χ3n) is 2.56. The Morgan fingerprint density at radius 2 is 1.90 bits per heavy atom. The summed E-state index contributed by atoms with van der Waals surface area (Å²) in [6.07, 6.45) is -0.914. The first-order valence-corrected chi connectivity index (χ1v) is 7.13. The van der Waals surface area contributed by atoms with Gasteiger partial charge in [-0.05, 0) is 32.0 Å². The van der Waals surface area contributed by atoms with E-state index in [1.165, 1.54) is 33.1 Å². The normalized spacial score (nSPS) is 12.6. The zero-order valence-electron chi connectivity index (χ0n) is 11.2. The Labute approximate surface area is 116 Å². The number of Topliss-reactive ketones (excluding diaryl/α,β-unsaturated/α-hetero) is 1. The number of ether oxygens (including phenoxy) is 2. The van der Waals surface area contributed by atoms with Crippen molar-refractivity contribution in [2.75, 3.05) is 7.11 Å². The lowest BCUT2D eigenvalue weighted by molar-refractivity contribution is -0.124. The van der Waals surface area contributed by atoms with Crippen LogP contribution in [0.1, 0.15) is 24.2 Å². The predicted octanol–water partition coefficient (Wildman–Crippen LogP) is 0.477. The van der Waals surface area contributed by atoms with Gasteiger partial charge in [0.15, 0.2) is 11.9 Å². The van der Waals surface area contributed by atoms with Crippen LogP contribution in [0.2, 0.25) is 0 Å². The molecule has 1 aromatic carbocycles. The second-order valence-electron chi connectivity index (χ2n) is 4.07. The van der Waals surface area contributed by atoms with Crippen LogP contribution in [-0.4, -0.2) is 33.4 Å². The van der Waals surface area contributed by atoms with Gasteiger partial charge in [-0.2, -0.15) is 0 Å². The molecule has 7 nitrogen and oxygen atoms in total. The number of methoxy groups -OCH3 is 1.